The highest BCUT2D eigenvalue weighted by molar-refractivity contribution is 5.97. The SMILES string of the molecule is COC(=O)C1=C2CCC(=O)[C@@]2(C)CC(C)=C(C)C1. The van der Waals surface area contributed by atoms with Crippen LogP contribution in [0, 0.1) is 5.41 Å². The van der Waals surface area contributed by atoms with Crippen LogP contribution < -0.4 is 0 Å². The molecule has 0 bridgehead atoms. The Morgan fingerprint density at radius 2 is 1.89 bits per heavy atom. The third-order valence-corrected chi connectivity index (χ3v) is 4.47. The van der Waals surface area contributed by atoms with E-state index in [0.29, 0.717) is 24.8 Å². The molecule has 0 radical (unpaired) electrons. The van der Waals surface area contributed by atoms with Crippen LogP contribution in [0.2, 0.25) is 0 Å². The molecule has 1 fully saturated rings. The first-order chi connectivity index (χ1) is 8.40. The maximum atomic E-state index is 12.2. The molecule has 2 rings (SSSR count). The monoisotopic (exact) mass is 248 g/mol. The van der Waals surface area contributed by atoms with E-state index in [9.17, 15) is 9.59 Å². The fourth-order valence-electron chi connectivity index (χ4n) is 3.17. The highest BCUT2D eigenvalue weighted by Crippen LogP contribution is 2.49. The van der Waals surface area contributed by atoms with Gasteiger partial charge in [0.15, 0.2) is 0 Å². The zero-order valence-electron chi connectivity index (χ0n) is 11.6. The summed E-state index contributed by atoms with van der Waals surface area (Å²) >= 11 is 0. The molecule has 0 amide bonds. The summed E-state index contributed by atoms with van der Waals surface area (Å²) in [5.41, 5.74) is 3.65. The van der Waals surface area contributed by atoms with Crippen molar-refractivity contribution in [2.24, 2.45) is 5.41 Å². The molecule has 0 spiro atoms. The standard InChI is InChI=1S/C15H20O3/c1-9-7-11(14(17)18-4)12-5-6-13(16)15(12,3)8-10(9)2/h5-8H2,1-4H3/t15-/m0/s1. The Balaban J connectivity index is 2.59. The third kappa shape index (κ3) is 1.82. The predicted molar refractivity (Wildman–Crippen MR) is 69.0 cm³/mol. The van der Waals surface area contributed by atoms with Gasteiger partial charge in [-0.2, -0.15) is 0 Å². The highest BCUT2D eigenvalue weighted by Gasteiger charge is 2.45. The number of hydrogen-bond donors (Lipinski definition) is 0. The number of ether oxygens (including phenoxy) is 1. The van der Waals surface area contributed by atoms with Crippen LogP contribution in [-0.2, 0) is 14.3 Å². The number of hydrogen-bond acceptors (Lipinski definition) is 3. The van der Waals surface area contributed by atoms with Gasteiger partial charge in [-0.25, -0.2) is 4.79 Å². The van der Waals surface area contributed by atoms with Crippen molar-refractivity contribution in [3.05, 3.63) is 22.3 Å². The molecule has 1 saturated carbocycles. The Kier molecular flexibility index (Phi) is 3.18. The first-order valence-corrected chi connectivity index (χ1v) is 6.39. The summed E-state index contributed by atoms with van der Waals surface area (Å²) in [6, 6.07) is 0. The molecule has 0 N–H and O–H groups in total. The number of Topliss-reactive ketones (excluding diaryl/α,β-unsaturated/α-hetero) is 1. The van der Waals surface area contributed by atoms with E-state index in [0.717, 1.165) is 12.0 Å². The zero-order valence-corrected chi connectivity index (χ0v) is 11.6. The molecule has 3 nitrogen and oxygen atoms in total. The second-order valence-corrected chi connectivity index (χ2v) is 5.62. The predicted octanol–water partition coefficient (Wildman–Crippen LogP) is 2.96. The molecule has 18 heavy (non-hydrogen) atoms. The lowest BCUT2D eigenvalue weighted by Crippen LogP contribution is -2.25. The van der Waals surface area contributed by atoms with E-state index in [4.69, 9.17) is 4.74 Å². The second kappa shape index (κ2) is 4.38. The van der Waals surface area contributed by atoms with Gasteiger partial charge in [0, 0.05) is 18.4 Å². The number of carbonyl (C=O) groups is 2. The molecule has 0 unspecified atom stereocenters. The van der Waals surface area contributed by atoms with Crippen molar-refractivity contribution in [2.45, 2.75) is 46.5 Å². The molecule has 3 heteroatoms. The van der Waals surface area contributed by atoms with Gasteiger partial charge in [0.25, 0.3) is 0 Å². The summed E-state index contributed by atoms with van der Waals surface area (Å²) in [5.74, 6) is -0.0204. The molecule has 0 aromatic carbocycles. The van der Waals surface area contributed by atoms with Crippen molar-refractivity contribution in [1.29, 1.82) is 0 Å². The number of rotatable bonds is 1. The van der Waals surface area contributed by atoms with E-state index in [1.165, 1.54) is 18.3 Å². The number of carbonyl (C=O) groups excluding carboxylic acids is 2. The van der Waals surface area contributed by atoms with Crippen molar-refractivity contribution in [3.8, 4) is 0 Å². The average molecular weight is 248 g/mol. The number of allylic oxidation sites excluding steroid dienone is 3. The molecular weight excluding hydrogens is 228 g/mol. The van der Waals surface area contributed by atoms with Crippen molar-refractivity contribution in [1.82, 2.24) is 0 Å². The lowest BCUT2D eigenvalue weighted by atomic mass is 9.77. The Hall–Kier alpha value is -1.38. The van der Waals surface area contributed by atoms with Crippen LogP contribution in [-0.4, -0.2) is 18.9 Å². The minimum absolute atomic E-state index is 0.257. The number of esters is 1. The minimum atomic E-state index is -0.481. The largest absolute Gasteiger partial charge is 0.466 e. The Labute approximate surface area is 108 Å². The van der Waals surface area contributed by atoms with Crippen molar-refractivity contribution < 1.29 is 14.3 Å². The van der Waals surface area contributed by atoms with Crippen molar-refractivity contribution in [3.63, 3.8) is 0 Å². The van der Waals surface area contributed by atoms with Crippen LogP contribution in [0.15, 0.2) is 22.3 Å². The van der Waals surface area contributed by atoms with Crippen LogP contribution >= 0.6 is 0 Å². The molecule has 0 heterocycles. The molecule has 0 saturated heterocycles. The van der Waals surface area contributed by atoms with E-state index in [1.54, 1.807) is 0 Å². The molecule has 1 atom stereocenters. The van der Waals surface area contributed by atoms with E-state index in [1.807, 2.05) is 13.8 Å². The zero-order chi connectivity index (χ0) is 13.5. The highest BCUT2D eigenvalue weighted by atomic mass is 16.5. The Morgan fingerprint density at radius 1 is 1.22 bits per heavy atom. The van der Waals surface area contributed by atoms with Crippen molar-refractivity contribution in [2.75, 3.05) is 7.11 Å². The summed E-state index contributed by atoms with van der Waals surface area (Å²) in [5, 5.41) is 0. The van der Waals surface area contributed by atoms with Gasteiger partial charge in [-0.05, 0) is 39.2 Å². The fraction of sp³-hybridized carbons (Fsp3) is 0.600. The molecule has 0 aliphatic heterocycles. The van der Waals surface area contributed by atoms with E-state index >= 15 is 0 Å². The van der Waals surface area contributed by atoms with E-state index in [-0.39, 0.29) is 11.8 Å². The summed E-state index contributed by atoms with van der Waals surface area (Å²) in [7, 11) is 1.40. The van der Waals surface area contributed by atoms with Crippen LogP contribution in [0.5, 0.6) is 0 Å². The maximum absolute atomic E-state index is 12.2. The van der Waals surface area contributed by atoms with Gasteiger partial charge in [-0.15, -0.1) is 0 Å². The summed E-state index contributed by atoms with van der Waals surface area (Å²) in [4.78, 5) is 24.1. The Morgan fingerprint density at radius 3 is 2.50 bits per heavy atom. The molecule has 2 aliphatic carbocycles. The van der Waals surface area contributed by atoms with Gasteiger partial charge in [-0.1, -0.05) is 11.1 Å². The number of methoxy groups -OCH3 is 1. The lowest BCUT2D eigenvalue weighted by molar-refractivity contribution is -0.136. The summed E-state index contributed by atoms with van der Waals surface area (Å²) in [6.45, 7) is 6.07. The summed E-state index contributed by atoms with van der Waals surface area (Å²) in [6.07, 6.45) is 2.63. The van der Waals surface area contributed by atoms with Gasteiger partial charge in [-0.3, -0.25) is 4.79 Å². The van der Waals surface area contributed by atoms with Crippen LogP contribution in [0.4, 0.5) is 0 Å². The van der Waals surface area contributed by atoms with E-state index in [2.05, 4.69) is 6.92 Å². The quantitative estimate of drug-likeness (QED) is 0.529. The van der Waals surface area contributed by atoms with Gasteiger partial charge < -0.3 is 4.74 Å². The smallest absolute Gasteiger partial charge is 0.334 e. The summed E-state index contributed by atoms with van der Waals surface area (Å²) < 4.78 is 4.89. The molecule has 98 valence electrons. The lowest BCUT2D eigenvalue weighted by Gasteiger charge is -2.25. The third-order valence-electron chi connectivity index (χ3n) is 4.47. The van der Waals surface area contributed by atoms with Gasteiger partial charge >= 0.3 is 5.97 Å². The molecule has 0 aromatic rings. The van der Waals surface area contributed by atoms with Gasteiger partial charge in [0.05, 0.1) is 12.5 Å². The van der Waals surface area contributed by atoms with Crippen LogP contribution in [0.1, 0.15) is 46.5 Å². The molecule has 2 aliphatic rings. The first-order valence-electron chi connectivity index (χ1n) is 6.39. The van der Waals surface area contributed by atoms with E-state index < -0.39 is 5.41 Å². The molecular formula is C15H20O3. The van der Waals surface area contributed by atoms with Crippen LogP contribution in [0.3, 0.4) is 0 Å². The van der Waals surface area contributed by atoms with Crippen molar-refractivity contribution >= 4 is 11.8 Å². The number of fused-ring (bicyclic) bond motifs is 1. The normalized spacial score (nSPS) is 28.3. The minimum Gasteiger partial charge on any atom is -0.466 e. The maximum Gasteiger partial charge on any atom is 0.334 e. The topological polar surface area (TPSA) is 43.4 Å². The number of ketones is 1. The molecule has 0 aromatic heterocycles. The van der Waals surface area contributed by atoms with Gasteiger partial charge in [0.2, 0.25) is 0 Å². The fourth-order valence-corrected chi connectivity index (χ4v) is 3.17. The van der Waals surface area contributed by atoms with Gasteiger partial charge in [0.1, 0.15) is 5.78 Å². The Bertz CT molecular complexity index is 482. The van der Waals surface area contributed by atoms with Crippen LogP contribution in [0.25, 0.3) is 0 Å². The average Bonchev–Trinajstić information content (AvgIpc) is 2.56. The second-order valence-electron chi connectivity index (χ2n) is 5.62. The first kappa shape index (κ1) is 13.1.